The largest absolute Gasteiger partial charge is 0.335 e. The fourth-order valence-electron chi connectivity index (χ4n) is 3.16. The first kappa shape index (κ1) is 10.6. The molecule has 1 saturated heterocycles. The SMILES string of the molecule is O=C1C2=CC=C(Br)CC2CN1C1CCCC1. The number of hydrogen-bond donors (Lipinski definition) is 0. The van der Waals surface area contributed by atoms with Crippen LogP contribution >= 0.6 is 15.9 Å². The standard InChI is InChI=1S/C13H16BrNO/c14-10-5-6-12-9(7-10)8-15(13(12)16)11-3-1-2-4-11/h5-6,9,11H,1-4,7-8H2. The number of likely N-dealkylation sites (tertiary alicyclic amines) is 1. The second kappa shape index (κ2) is 4.02. The maximum absolute atomic E-state index is 12.2. The summed E-state index contributed by atoms with van der Waals surface area (Å²) in [5.74, 6) is 0.737. The van der Waals surface area contributed by atoms with E-state index in [9.17, 15) is 4.79 Å². The first-order chi connectivity index (χ1) is 7.75. The Morgan fingerprint density at radius 3 is 2.75 bits per heavy atom. The predicted molar refractivity (Wildman–Crippen MR) is 67.2 cm³/mol. The van der Waals surface area contributed by atoms with Gasteiger partial charge >= 0.3 is 0 Å². The van der Waals surface area contributed by atoms with Crippen molar-refractivity contribution in [2.75, 3.05) is 6.54 Å². The number of hydrogen-bond acceptors (Lipinski definition) is 1. The Balaban J connectivity index is 1.80. The maximum Gasteiger partial charge on any atom is 0.250 e. The average Bonchev–Trinajstić information content (AvgIpc) is 2.86. The number of rotatable bonds is 1. The van der Waals surface area contributed by atoms with Gasteiger partial charge in [-0.15, -0.1) is 0 Å². The van der Waals surface area contributed by atoms with Gasteiger partial charge in [-0.1, -0.05) is 40.9 Å². The normalized spacial score (nSPS) is 30.4. The van der Waals surface area contributed by atoms with Crippen LogP contribution in [0.2, 0.25) is 0 Å². The number of carbonyl (C=O) groups is 1. The lowest BCUT2D eigenvalue weighted by Crippen LogP contribution is -2.34. The van der Waals surface area contributed by atoms with E-state index in [-0.39, 0.29) is 0 Å². The fraction of sp³-hybridized carbons (Fsp3) is 0.615. The molecule has 2 aliphatic carbocycles. The Hall–Kier alpha value is -0.570. The second-order valence-electron chi connectivity index (χ2n) is 5.03. The molecule has 2 nitrogen and oxygen atoms in total. The highest BCUT2D eigenvalue weighted by Gasteiger charge is 2.40. The quantitative estimate of drug-likeness (QED) is 0.724. The molecule has 0 N–H and O–H groups in total. The molecule has 1 atom stereocenters. The van der Waals surface area contributed by atoms with Crippen LogP contribution in [0.3, 0.4) is 0 Å². The van der Waals surface area contributed by atoms with Gasteiger partial charge in [0.15, 0.2) is 0 Å². The zero-order valence-corrected chi connectivity index (χ0v) is 10.9. The van der Waals surface area contributed by atoms with Crippen LogP contribution in [0.5, 0.6) is 0 Å². The molecule has 0 aromatic heterocycles. The van der Waals surface area contributed by atoms with E-state index in [0.29, 0.717) is 17.9 Å². The van der Waals surface area contributed by atoms with Gasteiger partial charge in [0.2, 0.25) is 5.91 Å². The monoisotopic (exact) mass is 281 g/mol. The number of fused-ring (bicyclic) bond motifs is 1. The highest BCUT2D eigenvalue weighted by molar-refractivity contribution is 9.11. The van der Waals surface area contributed by atoms with Gasteiger partial charge in [0.05, 0.1) is 0 Å². The molecule has 1 unspecified atom stereocenters. The van der Waals surface area contributed by atoms with E-state index < -0.39 is 0 Å². The van der Waals surface area contributed by atoms with Crippen molar-refractivity contribution in [2.45, 2.75) is 38.1 Å². The van der Waals surface area contributed by atoms with Crippen molar-refractivity contribution >= 4 is 21.8 Å². The van der Waals surface area contributed by atoms with Gasteiger partial charge in [-0.25, -0.2) is 0 Å². The third-order valence-corrected chi connectivity index (χ3v) is 4.60. The van der Waals surface area contributed by atoms with Gasteiger partial charge in [0.1, 0.15) is 0 Å². The van der Waals surface area contributed by atoms with Crippen molar-refractivity contribution in [1.82, 2.24) is 4.90 Å². The molecule has 0 radical (unpaired) electrons. The van der Waals surface area contributed by atoms with Crippen molar-refractivity contribution in [3.05, 3.63) is 22.2 Å². The molecule has 2 fully saturated rings. The van der Waals surface area contributed by atoms with Crippen molar-refractivity contribution in [1.29, 1.82) is 0 Å². The summed E-state index contributed by atoms with van der Waals surface area (Å²) in [5, 5.41) is 0. The third-order valence-electron chi connectivity index (χ3n) is 4.02. The molecule has 16 heavy (non-hydrogen) atoms. The highest BCUT2D eigenvalue weighted by Crippen LogP contribution is 2.38. The number of carbonyl (C=O) groups excluding carboxylic acids is 1. The minimum absolute atomic E-state index is 0.299. The van der Waals surface area contributed by atoms with E-state index in [4.69, 9.17) is 0 Å². The Bertz CT molecular complexity index is 379. The van der Waals surface area contributed by atoms with E-state index in [1.54, 1.807) is 0 Å². The lowest BCUT2D eigenvalue weighted by atomic mass is 9.94. The van der Waals surface area contributed by atoms with E-state index in [2.05, 4.69) is 20.8 Å². The molecule has 1 heterocycles. The molecule has 0 aromatic rings. The Morgan fingerprint density at radius 1 is 1.25 bits per heavy atom. The zero-order valence-electron chi connectivity index (χ0n) is 9.29. The molecular formula is C13H16BrNO. The Kier molecular flexibility index (Phi) is 2.66. The van der Waals surface area contributed by atoms with Gasteiger partial charge in [-0.2, -0.15) is 0 Å². The van der Waals surface area contributed by atoms with Crippen LogP contribution in [0.25, 0.3) is 0 Å². The van der Waals surface area contributed by atoms with Crippen LogP contribution in [0.1, 0.15) is 32.1 Å². The van der Waals surface area contributed by atoms with Crippen LogP contribution in [0.15, 0.2) is 22.2 Å². The summed E-state index contributed by atoms with van der Waals surface area (Å²) < 4.78 is 1.22. The lowest BCUT2D eigenvalue weighted by Gasteiger charge is -2.23. The van der Waals surface area contributed by atoms with Crippen molar-refractivity contribution < 1.29 is 4.79 Å². The van der Waals surface area contributed by atoms with Gasteiger partial charge in [-0.3, -0.25) is 4.79 Å². The summed E-state index contributed by atoms with van der Waals surface area (Å²) in [7, 11) is 0. The molecule has 3 rings (SSSR count). The van der Waals surface area contributed by atoms with Crippen LogP contribution in [-0.4, -0.2) is 23.4 Å². The fourth-order valence-corrected chi connectivity index (χ4v) is 3.68. The summed E-state index contributed by atoms with van der Waals surface area (Å²) in [6, 6.07) is 0.526. The minimum Gasteiger partial charge on any atom is -0.335 e. The Labute approximate surface area is 105 Å². The molecular weight excluding hydrogens is 266 g/mol. The van der Waals surface area contributed by atoms with Crippen LogP contribution < -0.4 is 0 Å². The zero-order chi connectivity index (χ0) is 11.1. The topological polar surface area (TPSA) is 20.3 Å². The maximum atomic E-state index is 12.2. The van der Waals surface area contributed by atoms with Crippen LogP contribution in [0.4, 0.5) is 0 Å². The Morgan fingerprint density at radius 2 is 2.00 bits per heavy atom. The number of nitrogens with zero attached hydrogens (tertiary/aromatic N) is 1. The molecule has 3 heteroatoms. The molecule has 3 aliphatic rings. The summed E-state index contributed by atoms with van der Waals surface area (Å²) in [4.78, 5) is 14.4. The first-order valence-corrected chi connectivity index (χ1v) is 6.92. The molecule has 1 saturated carbocycles. The van der Waals surface area contributed by atoms with E-state index in [0.717, 1.165) is 18.5 Å². The number of allylic oxidation sites excluding steroid dienone is 3. The summed E-state index contributed by atoms with van der Waals surface area (Å²) in [5.41, 5.74) is 1.04. The van der Waals surface area contributed by atoms with Crippen molar-refractivity contribution in [3.8, 4) is 0 Å². The van der Waals surface area contributed by atoms with Crippen molar-refractivity contribution in [2.24, 2.45) is 5.92 Å². The van der Waals surface area contributed by atoms with Gasteiger partial charge in [0, 0.05) is 24.1 Å². The van der Waals surface area contributed by atoms with Gasteiger partial charge < -0.3 is 4.90 Å². The smallest absolute Gasteiger partial charge is 0.250 e. The van der Waals surface area contributed by atoms with E-state index >= 15 is 0 Å². The first-order valence-electron chi connectivity index (χ1n) is 6.13. The van der Waals surface area contributed by atoms with E-state index in [1.165, 1.54) is 30.2 Å². The van der Waals surface area contributed by atoms with Crippen LogP contribution in [-0.2, 0) is 4.79 Å². The number of halogens is 1. The summed E-state index contributed by atoms with van der Waals surface area (Å²) >= 11 is 3.53. The second-order valence-corrected chi connectivity index (χ2v) is 6.05. The molecule has 0 bridgehead atoms. The van der Waals surface area contributed by atoms with E-state index in [1.807, 2.05) is 12.2 Å². The number of amides is 1. The van der Waals surface area contributed by atoms with Crippen molar-refractivity contribution in [3.63, 3.8) is 0 Å². The van der Waals surface area contributed by atoms with Crippen LogP contribution in [0, 0.1) is 5.92 Å². The minimum atomic E-state index is 0.299. The molecule has 86 valence electrons. The van der Waals surface area contributed by atoms with Gasteiger partial charge in [0.25, 0.3) is 0 Å². The molecule has 1 amide bonds. The predicted octanol–water partition coefficient (Wildman–Crippen LogP) is 3.00. The third kappa shape index (κ3) is 1.65. The summed E-state index contributed by atoms with van der Waals surface area (Å²) in [6.45, 7) is 0.943. The lowest BCUT2D eigenvalue weighted by molar-refractivity contribution is -0.126. The molecule has 1 aliphatic heterocycles. The van der Waals surface area contributed by atoms with Gasteiger partial charge in [-0.05, 0) is 23.7 Å². The molecule has 0 aromatic carbocycles. The summed E-state index contributed by atoms with van der Waals surface area (Å²) in [6.07, 6.45) is 10.0. The highest BCUT2D eigenvalue weighted by atomic mass is 79.9. The molecule has 0 spiro atoms. The average molecular weight is 282 g/mol.